The monoisotopic (exact) mass is 249 g/mol. The van der Waals surface area contributed by atoms with Crippen LogP contribution in [0.2, 0.25) is 0 Å². The molecule has 0 fully saturated rings. The SMILES string of the molecule is COc1ccc2c(c1OC)CCNC2C(C)(C)C. The van der Waals surface area contributed by atoms with Crippen molar-refractivity contribution < 1.29 is 9.47 Å². The normalized spacial score (nSPS) is 19.3. The van der Waals surface area contributed by atoms with E-state index in [1.807, 2.05) is 6.07 Å². The van der Waals surface area contributed by atoms with Crippen molar-refractivity contribution in [1.82, 2.24) is 5.32 Å². The second-order valence-electron chi connectivity index (χ2n) is 5.87. The Morgan fingerprint density at radius 3 is 2.44 bits per heavy atom. The van der Waals surface area contributed by atoms with Crippen molar-refractivity contribution in [3.05, 3.63) is 23.3 Å². The van der Waals surface area contributed by atoms with Crippen LogP contribution >= 0.6 is 0 Å². The molecule has 18 heavy (non-hydrogen) atoms. The summed E-state index contributed by atoms with van der Waals surface area (Å²) in [5.74, 6) is 1.72. The Morgan fingerprint density at radius 2 is 1.89 bits per heavy atom. The molecule has 1 N–H and O–H groups in total. The van der Waals surface area contributed by atoms with Gasteiger partial charge in [-0.1, -0.05) is 26.8 Å². The van der Waals surface area contributed by atoms with E-state index in [2.05, 4.69) is 32.2 Å². The summed E-state index contributed by atoms with van der Waals surface area (Å²) < 4.78 is 10.9. The predicted molar refractivity (Wildman–Crippen MR) is 73.4 cm³/mol. The molecule has 3 heteroatoms. The van der Waals surface area contributed by atoms with Crippen LogP contribution in [0.5, 0.6) is 11.5 Å². The highest BCUT2D eigenvalue weighted by atomic mass is 16.5. The van der Waals surface area contributed by atoms with E-state index in [1.165, 1.54) is 11.1 Å². The number of nitrogens with one attached hydrogen (secondary N) is 1. The van der Waals surface area contributed by atoms with E-state index >= 15 is 0 Å². The average molecular weight is 249 g/mol. The van der Waals surface area contributed by atoms with Crippen molar-refractivity contribution in [3.8, 4) is 11.5 Å². The number of ether oxygens (including phenoxy) is 2. The van der Waals surface area contributed by atoms with E-state index in [0.717, 1.165) is 24.5 Å². The minimum Gasteiger partial charge on any atom is -0.493 e. The molecule has 0 spiro atoms. The molecule has 0 aliphatic carbocycles. The topological polar surface area (TPSA) is 30.5 Å². The maximum absolute atomic E-state index is 5.54. The summed E-state index contributed by atoms with van der Waals surface area (Å²) in [6.07, 6.45) is 0.988. The number of hydrogen-bond donors (Lipinski definition) is 1. The Labute approximate surface area is 109 Å². The smallest absolute Gasteiger partial charge is 0.164 e. The summed E-state index contributed by atoms with van der Waals surface area (Å²) in [6.45, 7) is 7.77. The molecule has 0 bridgehead atoms. The van der Waals surface area contributed by atoms with Gasteiger partial charge in [0.1, 0.15) is 0 Å². The fourth-order valence-electron chi connectivity index (χ4n) is 2.76. The second kappa shape index (κ2) is 4.81. The number of rotatable bonds is 2. The highest BCUT2D eigenvalue weighted by molar-refractivity contribution is 5.53. The van der Waals surface area contributed by atoms with Crippen molar-refractivity contribution in [2.24, 2.45) is 5.41 Å². The molecule has 0 radical (unpaired) electrons. The first-order chi connectivity index (χ1) is 8.49. The molecular weight excluding hydrogens is 226 g/mol. The molecule has 1 aliphatic heterocycles. The molecule has 3 nitrogen and oxygen atoms in total. The van der Waals surface area contributed by atoms with Crippen molar-refractivity contribution >= 4 is 0 Å². The minimum atomic E-state index is 0.189. The summed E-state index contributed by atoms with van der Waals surface area (Å²) >= 11 is 0. The van der Waals surface area contributed by atoms with Gasteiger partial charge in [0.05, 0.1) is 14.2 Å². The molecule has 100 valence electrons. The maximum Gasteiger partial charge on any atom is 0.164 e. The highest BCUT2D eigenvalue weighted by Gasteiger charge is 2.32. The fraction of sp³-hybridized carbons (Fsp3) is 0.600. The molecule has 0 aromatic heterocycles. The van der Waals surface area contributed by atoms with Crippen LogP contribution in [0.15, 0.2) is 12.1 Å². The molecule has 1 aliphatic rings. The zero-order valence-electron chi connectivity index (χ0n) is 12.0. The first-order valence-electron chi connectivity index (χ1n) is 6.46. The molecule has 0 saturated carbocycles. The zero-order valence-corrected chi connectivity index (χ0v) is 12.0. The Hall–Kier alpha value is -1.22. The van der Waals surface area contributed by atoms with E-state index in [4.69, 9.17) is 9.47 Å². The van der Waals surface area contributed by atoms with Gasteiger partial charge in [0.25, 0.3) is 0 Å². The standard InChI is InChI=1S/C15H23NO2/c1-15(2,3)14-11-6-7-12(17-4)13(18-5)10(11)8-9-16-14/h6-7,14,16H,8-9H2,1-5H3. The van der Waals surface area contributed by atoms with Crippen molar-refractivity contribution in [2.45, 2.75) is 33.2 Å². The van der Waals surface area contributed by atoms with Crippen LogP contribution < -0.4 is 14.8 Å². The Kier molecular flexibility index (Phi) is 3.53. The Bertz CT molecular complexity index is 435. The first-order valence-corrected chi connectivity index (χ1v) is 6.46. The van der Waals surface area contributed by atoms with Crippen LogP contribution in [0.3, 0.4) is 0 Å². The van der Waals surface area contributed by atoms with Gasteiger partial charge in [-0.3, -0.25) is 0 Å². The van der Waals surface area contributed by atoms with E-state index < -0.39 is 0 Å². The highest BCUT2D eigenvalue weighted by Crippen LogP contribution is 2.43. The summed E-state index contributed by atoms with van der Waals surface area (Å²) in [7, 11) is 3.40. The van der Waals surface area contributed by atoms with Crippen LogP contribution in [0, 0.1) is 5.41 Å². The largest absolute Gasteiger partial charge is 0.493 e. The molecule has 1 atom stereocenters. The minimum absolute atomic E-state index is 0.189. The van der Waals surface area contributed by atoms with Gasteiger partial charge in [0.15, 0.2) is 11.5 Å². The molecule has 1 aromatic rings. The van der Waals surface area contributed by atoms with E-state index in [0.29, 0.717) is 6.04 Å². The lowest BCUT2D eigenvalue weighted by molar-refractivity contribution is 0.259. The predicted octanol–water partition coefficient (Wildman–Crippen LogP) is 2.94. The fourth-order valence-corrected chi connectivity index (χ4v) is 2.76. The van der Waals surface area contributed by atoms with Gasteiger partial charge in [-0.2, -0.15) is 0 Å². The van der Waals surface area contributed by atoms with Gasteiger partial charge in [-0.05, 0) is 30.0 Å². The van der Waals surface area contributed by atoms with E-state index in [9.17, 15) is 0 Å². The third kappa shape index (κ3) is 2.19. The molecule has 0 amide bonds. The van der Waals surface area contributed by atoms with E-state index in [-0.39, 0.29) is 5.41 Å². The Balaban J connectivity index is 2.53. The summed E-state index contributed by atoms with van der Waals surface area (Å²) in [4.78, 5) is 0. The van der Waals surface area contributed by atoms with Crippen molar-refractivity contribution in [2.75, 3.05) is 20.8 Å². The van der Waals surface area contributed by atoms with Crippen molar-refractivity contribution in [3.63, 3.8) is 0 Å². The zero-order chi connectivity index (χ0) is 13.3. The average Bonchev–Trinajstić information content (AvgIpc) is 2.35. The summed E-state index contributed by atoms with van der Waals surface area (Å²) in [5.41, 5.74) is 2.82. The molecule has 0 saturated heterocycles. The summed E-state index contributed by atoms with van der Waals surface area (Å²) in [6, 6.07) is 4.53. The maximum atomic E-state index is 5.54. The second-order valence-corrected chi connectivity index (χ2v) is 5.87. The number of benzene rings is 1. The third-order valence-electron chi connectivity index (χ3n) is 3.59. The van der Waals surface area contributed by atoms with Gasteiger partial charge in [0.2, 0.25) is 0 Å². The van der Waals surface area contributed by atoms with Gasteiger partial charge in [0, 0.05) is 11.6 Å². The quantitative estimate of drug-likeness (QED) is 0.874. The number of methoxy groups -OCH3 is 2. The van der Waals surface area contributed by atoms with Gasteiger partial charge in [-0.25, -0.2) is 0 Å². The molecule has 1 aromatic carbocycles. The molecule has 1 unspecified atom stereocenters. The lowest BCUT2D eigenvalue weighted by Gasteiger charge is -2.37. The molecular formula is C15H23NO2. The lowest BCUT2D eigenvalue weighted by Crippen LogP contribution is -2.38. The summed E-state index contributed by atoms with van der Waals surface area (Å²) in [5, 5.41) is 3.61. The molecule has 2 rings (SSSR count). The van der Waals surface area contributed by atoms with Crippen molar-refractivity contribution in [1.29, 1.82) is 0 Å². The van der Waals surface area contributed by atoms with Gasteiger partial charge < -0.3 is 14.8 Å². The van der Waals surface area contributed by atoms with E-state index in [1.54, 1.807) is 14.2 Å². The van der Waals surface area contributed by atoms with Crippen LogP contribution in [-0.2, 0) is 6.42 Å². The number of hydrogen-bond acceptors (Lipinski definition) is 3. The Morgan fingerprint density at radius 1 is 1.17 bits per heavy atom. The number of fused-ring (bicyclic) bond motifs is 1. The lowest BCUT2D eigenvalue weighted by atomic mass is 9.78. The van der Waals surface area contributed by atoms with Gasteiger partial charge >= 0.3 is 0 Å². The first kappa shape index (κ1) is 13.2. The molecule has 1 heterocycles. The van der Waals surface area contributed by atoms with Crippen LogP contribution in [0.4, 0.5) is 0 Å². The van der Waals surface area contributed by atoms with Gasteiger partial charge in [-0.15, -0.1) is 0 Å². The van der Waals surface area contributed by atoms with Crippen LogP contribution in [0.1, 0.15) is 37.9 Å². The van der Waals surface area contributed by atoms with Crippen LogP contribution in [0.25, 0.3) is 0 Å². The third-order valence-corrected chi connectivity index (χ3v) is 3.59. The van der Waals surface area contributed by atoms with Crippen LogP contribution in [-0.4, -0.2) is 20.8 Å².